The van der Waals surface area contributed by atoms with E-state index in [1.54, 1.807) is 0 Å². The van der Waals surface area contributed by atoms with Crippen LogP contribution in [0.4, 0.5) is 9.59 Å². The largest absolute Gasteiger partial charge is 0.445 e. The summed E-state index contributed by atoms with van der Waals surface area (Å²) in [4.78, 5) is 31.4. The van der Waals surface area contributed by atoms with Crippen LogP contribution in [-0.4, -0.2) is 90.5 Å². The molecule has 4 rings (SSSR count). The molecule has 2 atom stereocenters. The molecule has 3 fully saturated rings. The first-order valence-electron chi connectivity index (χ1n) is 12.1. The first-order valence-corrected chi connectivity index (χ1v) is 12.1. The van der Waals surface area contributed by atoms with Gasteiger partial charge in [0, 0.05) is 32.7 Å². The molecule has 0 N–H and O–H groups in total. The highest BCUT2D eigenvalue weighted by molar-refractivity contribution is 5.69. The van der Waals surface area contributed by atoms with Crippen LogP contribution in [0.5, 0.6) is 0 Å². The van der Waals surface area contributed by atoms with Crippen LogP contribution in [0.2, 0.25) is 0 Å². The number of piperazine rings is 1. The monoisotopic (exact) mass is 459 g/mol. The third-order valence-electron chi connectivity index (χ3n) is 6.54. The molecule has 8 heteroatoms. The molecular formula is C25H37N3O5. The number of carbonyl (C=O) groups excluding carboxylic acids is 2. The molecule has 182 valence electrons. The summed E-state index contributed by atoms with van der Waals surface area (Å²) in [7, 11) is 0. The summed E-state index contributed by atoms with van der Waals surface area (Å²) in [5.74, 6) is 0.540. The van der Waals surface area contributed by atoms with Crippen LogP contribution in [-0.2, 0) is 20.8 Å². The molecule has 2 amide bonds. The summed E-state index contributed by atoms with van der Waals surface area (Å²) in [6.45, 7) is 11.2. The Labute approximate surface area is 196 Å². The molecule has 3 aliphatic heterocycles. The summed E-state index contributed by atoms with van der Waals surface area (Å²) in [5, 5.41) is 0. The molecule has 3 saturated heterocycles. The van der Waals surface area contributed by atoms with E-state index in [1.807, 2.05) is 60.9 Å². The van der Waals surface area contributed by atoms with E-state index < -0.39 is 5.60 Å². The Morgan fingerprint density at radius 2 is 1.64 bits per heavy atom. The standard InChI is InChI=1S/C25H37N3O5/c1-25(2,3)33-24(30)28-21-14-26(15-22(28)18-31-17-21)13-19-9-11-27(12-10-19)23(29)32-16-20-7-5-4-6-8-20/h4-8,19,21-22H,9-18H2,1-3H3. The quantitative estimate of drug-likeness (QED) is 0.688. The van der Waals surface area contributed by atoms with Gasteiger partial charge in [0.15, 0.2) is 0 Å². The number of ether oxygens (including phenoxy) is 3. The highest BCUT2D eigenvalue weighted by Gasteiger charge is 2.43. The summed E-state index contributed by atoms with van der Waals surface area (Å²) in [6, 6.07) is 9.82. The zero-order valence-electron chi connectivity index (χ0n) is 20.1. The van der Waals surface area contributed by atoms with Crippen LogP contribution in [0.25, 0.3) is 0 Å². The lowest BCUT2D eigenvalue weighted by molar-refractivity contribution is -0.0999. The van der Waals surface area contributed by atoms with Crippen LogP contribution in [0.15, 0.2) is 30.3 Å². The summed E-state index contributed by atoms with van der Waals surface area (Å²) < 4.78 is 16.9. The van der Waals surface area contributed by atoms with E-state index in [-0.39, 0.29) is 24.3 Å². The average molecular weight is 460 g/mol. The number of morpholine rings is 1. The van der Waals surface area contributed by atoms with Gasteiger partial charge in [-0.3, -0.25) is 9.80 Å². The number of benzene rings is 1. The van der Waals surface area contributed by atoms with Crippen molar-refractivity contribution in [3.05, 3.63) is 35.9 Å². The van der Waals surface area contributed by atoms with Gasteiger partial charge in [0.25, 0.3) is 0 Å². The number of amides is 2. The lowest BCUT2D eigenvalue weighted by Gasteiger charge is -2.50. The number of carbonyl (C=O) groups is 2. The highest BCUT2D eigenvalue weighted by atomic mass is 16.6. The third-order valence-corrected chi connectivity index (χ3v) is 6.54. The van der Waals surface area contributed by atoms with Gasteiger partial charge in [0.1, 0.15) is 12.2 Å². The zero-order chi connectivity index (χ0) is 23.4. The second kappa shape index (κ2) is 10.3. The molecular weight excluding hydrogens is 422 g/mol. The summed E-state index contributed by atoms with van der Waals surface area (Å²) in [5.41, 5.74) is 0.500. The number of fused-ring (bicyclic) bond motifs is 2. The first-order chi connectivity index (χ1) is 15.8. The molecule has 0 aromatic heterocycles. The van der Waals surface area contributed by atoms with Crippen LogP contribution >= 0.6 is 0 Å². The number of piperidine rings is 1. The molecule has 0 radical (unpaired) electrons. The molecule has 2 bridgehead atoms. The number of nitrogens with zero attached hydrogens (tertiary/aromatic N) is 3. The fourth-order valence-electron chi connectivity index (χ4n) is 4.99. The number of hydrogen-bond acceptors (Lipinski definition) is 6. The van der Waals surface area contributed by atoms with Gasteiger partial charge in [-0.1, -0.05) is 30.3 Å². The van der Waals surface area contributed by atoms with Crippen molar-refractivity contribution in [1.82, 2.24) is 14.7 Å². The maximum Gasteiger partial charge on any atom is 0.411 e. The van der Waals surface area contributed by atoms with Gasteiger partial charge in [-0.05, 0) is 45.1 Å². The Hall–Kier alpha value is -2.32. The minimum atomic E-state index is -0.500. The van der Waals surface area contributed by atoms with Crippen molar-refractivity contribution in [1.29, 1.82) is 0 Å². The number of likely N-dealkylation sites (tertiary alicyclic amines) is 1. The average Bonchev–Trinajstić information content (AvgIpc) is 2.77. The van der Waals surface area contributed by atoms with Crippen molar-refractivity contribution in [3.8, 4) is 0 Å². The van der Waals surface area contributed by atoms with Crippen molar-refractivity contribution < 1.29 is 23.8 Å². The van der Waals surface area contributed by atoms with Gasteiger partial charge in [-0.15, -0.1) is 0 Å². The van der Waals surface area contributed by atoms with E-state index in [2.05, 4.69) is 4.90 Å². The Balaban J connectivity index is 1.22. The van der Waals surface area contributed by atoms with E-state index in [1.165, 1.54) is 0 Å². The highest BCUT2D eigenvalue weighted by Crippen LogP contribution is 2.27. The molecule has 0 saturated carbocycles. The Morgan fingerprint density at radius 3 is 2.24 bits per heavy atom. The van der Waals surface area contributed by atoms with Crippen LogP contribution in [0.3, 0.4) is 0 Å². The van der Waals surface area contributed by atoms with Gasteiger partial charge in [0.05, 0.1) is 25.3 Å². The molecule has 2 unspecified atom stereocenters. The molecule has 0 aliphatic carbocycles. The maximum absolute atomic E-state index is 12.7. The van der Waals surface area contributed by atoms with Crippen molar-refractivity contribution in [2.24, 2.45) is 5.92 Å². The van der Waals surface area contributed by atoms with Crippen LogP contribution in [0, 0.1) is 5.92 Å². The summed E-state index contributed by atoms with van der Waals surface area (Å²) >= 11 is 0. The zero-order valence-corrected chi connectivity index (χ0v) is 20.1. The predicted octanol–water partition coefficient (Wildman–Crippen LogP) is 3.36. The molecule has 3 heterocycles. The lowest BCUT2D eigenvalue weighted by Crippen LogP contribution is -2.67. The van der Waals surface area contributed by atoms with Crippen molar-refractivity contribution in [2.75, 3.05) is 45.9 Å². The van der Waals surface area contributed by atoms with E-state index >= 15 is 0 Å². The van der Waals surface area contributed by atoms with E-state index in [0.717, 1.165) is 51.1 Å². The van der Waals surface area contributed by atoms with Gasteiger partial charge in [-0.25, -0.2) is 9.59 Å². The second-order valence-electron chi connectivity index (χ2n) is 10.4. The van der Waals surface area contributed by atoms with Crippen molar-refractivity contribution >= 4 is 12.2 Å². The fourth-order valence-corrected chi connectivity index (χ4v) is 4.99. The fraction of sp³-hybridized carbons (Fsp3) is 0.680. The number of hydrogen-bond donors (Lipinski definition) is 0. The first kappa shape index (κ1) is 23.8. The normalized spacial score (nSPS) is 24.5. The third kappa shape index (κ3) is 6.38. The predicted molar refractivity (Wildman–Crippen MR) is 124 cm³/mol. The number of rotatable bonds is 4. The van der Waals surface area contributed by atoms with Crippen LogP contribution < -0.4 is 0 Å². The van der Waals surface area contributed by atoms with E-state index in [0.29, 0.717) is 25.7 Å². The van der Waals surface area contributed by atoms with Gasteiger partial charge in [-0.2, -0.15) is 0 Å². The second-order valence-corrected chi connectivity index (χ2v) is 10.4. The Kier molecular flexibility index (Phi) is 7.44. The molecule has 1 aromatic rings. The SMILES string of the molecule is CC(C)(C)OC(=O)N1C2COCC1CN(CC1CCN(C(=O)OCc3ccccc3)CC1)C2. The van der Waals surface area contributed by atoms with E-state index in [4.69, 9.17) is 14.2 Å². The smallest absolute Gasteiger partial charge is 0.411 e. The lowest BCUT2D eigenvalue weighted by atomic mass is 9.95. The minimum Gasteiger partial charge on any atom is -0.445 e. The molecule has 8 nitrogen and oxygen atoms in total. The van der Waals surface area contributed by atoms with Gasteiger partial charge in [0.2, 0.25) is 0 Å². The van der Waals surface area contributed by atoms with E-state index in [9.17, 15) is 9.59 Å². The van der Waals surface area contributed by atoms with Gasteiger partial charge >= 0.3 is 12.2 Å². The molecule has 3 aliphatic rings. The molecule has 1 aromatic carbocycles. The topological polar surface area (TPSA) is 71.5 Å². The molecule has 0 spiro atoms. The Morgan fingerprint density at radius 1 is 1.00 bits per heavy atom. The maximum atomic E-state index is 12.7. The Bertz CT molecular complexity index is 790. The van der Waals surface area contributed by atoms with Gasteiger partial charge < -0.3 is 19.1 Å². The minimum absolute atomic E-state index is 0.0282. The molecule has 33 heavy (non-hydrogen) atoms. The van der Waals surface area contributed by atoms with Crippen molar-refractivity contribution in [3.63, 3.8) is 0 Å². The summed E-state index contributed by atoms with van der Waals surface area (Å²) in [6.07, 6.45) is 1.48. The van der Waals surface area contributed by atoms with Crippen LogP contribution in [0.1, 0.15) is 39.2 Å². The van der Waals surface area contributed by atoms with Crippen molar-refractivity contribution in [2.45, 2.75) is 57.9 Å².